The van der Waals surface area contributed by atoms with Crippen LogP contribution < -0.4 is 10.6 Å². The van der Waals surface area contributed by atoms with Crippen molar-refractivity contribution in [3.05, 3.63) is 41.2 Å². The number of aromatic nitrogens is 2. The van der Waals surface area contributed by atoms with Gasteiger partial charge in [0.2, 0.25) is 0 Å². The van der Waals surface area contributed by atoms with Crippen molar-refractivity contribution in [2.45, 2.75) is 0 Å². The van der Waals surface area contributed by atoms with Gasteiger partial charge in [-0.3, -0.25) is 19.9 Å². The van der Waals surface area contributed by atoms with Gasteiger partial charge in [0.25, 0.3) is 11.8 Å². The smallest absolute Gasteiger partial charge is 0.273 e. The highest BCUT2D eigenvalue weighted by molar-refractivity contribution is 7.14. The van der Waals surface area contributed by atoms with Crippen LogP contribution in [0.2, 0.25) is 0 Å². The Morgan fingerprint density at radius 3 is 2.86 bits per heavy atom. The average molecular weight is 317 g/mol. The summed E-state index contributed by atoms with van der Waals surface area (Å²) in [7, 11) is 0. The molecule has 0 bridgehead atoms. The molecule has 2 aromatic rings. The van der Waals surface area contributed by atoms with Gasteiger partial charge < -0.3 is 10.2 Å². The van der Waals surface area contributed by atoms with E-state index in [9.17, 15) is 9.59 Å². The van der Waals surface area contributed by atoms with Crippen molar-refractivity contribution in [2.75, 3.05) is 31.5 Å². The van der Waals surface area contributed by atoms with Crippen LogP contribution in [0.3, 0.4) is 0 Å². The molecule has 0 aliphatic carbocycles. The van der Waals surface area contributed by atoms with Crippen molar-refractivity contribution in [2.24, 2.45) is 0 Å². The van der Waals surface area contributed by atoms with E-state index in [0.29, 0.717) is 29.5 Å². The maximum atomic E-state index is 12.3. The second-order valence-corrected chi connectivity index (χ2v) is 5.63. The first-order valence-electron chi connectivity index (χ1n) is 6.91. The van der Waals surface area contributed by atoms with Gasteiger partial charge in [-0.25, -0.2) is 4.98 Å². The van der Waals surface area contributed by atoms with Crippen molar-refractivity contribution in [1.82, 2.24) is 20.2 Å². The lowest BCUT2D eigenvalue weighted by Gasteiger charge is -2.26. The Kier molecular flexibility index (Phi) is 4.40. The van der Waals surface area contributed by atoms with Crippen molar-refractivity contribution < 1.29 is 9.59 Å². The SMILES string of the molecule is O=C(Nc1nc(C(=O)N2CCNCC2)cs1)c1cccnc1. The molecule has 0 unspecified atom stereocenters. The summed E-state index contributed by atoms with van der Waals surface area (Å²) in [4.78, 5) is 34.2. The Bertz CT molecular complexity index is 667. The summed E-state index contributed by atoms with van der Waals surface area (Å²) in [5.41, 5.74) is 0.820. The number of piperazine rings is 1. The molecule has 22 heavy (non-hydrogen) atoms. The predicted octanol–water partition coefficient (Wildman–Crippen LogP) is 0.836. The van der Waals surface area contributed by atoms with Crippen LogP contribution in [0.4, 0.5) is 5.13 Å². The average Bonchev–Trinajstić information content (AvgIpc) is 3.04. The first-order chi connectivity index (χ1) is 10.7. The summed E-state index contributed by atoms with van der Waals surface area (Å²) in [6.07, 6.45) is 3.08. The standard InChI is InChI=1S/C14H15N5O2S/c20-12(10-2-1-3-16-8-10)18-14-17-11(9-22-14)13(21)19-6-4-15-5-7-19/h1-3,8-9,15H,4-7H2,(H,17,18,20). The van der Waals surface area contributed by atoms with Gasteiger partial charge in [-0.1, -0.05) is 0 Å². The first-order valence-corrected chi connectivity index (χ1v) is 7.79. The predicted molar refractivity (Wildman–Crippen MR) is 83.1 cm³/mol. The number of amides is 2. The Hall–Kier alpha value is -2.32. The van der Waals surface area contributed by atoms with E-state index >= 15 is 0 Å². The fourth-order valence-corrected chi connectivity index (χ4v) is 2.81. The number of rotatable bonds is 3. The van der Waals surface area contributed by atoms with Gasteiger partial charge in [0.15, 0.2) is 5.13 Å². The number of nitrogens with zero attached hydrogens (tertiary/aromatic N) is 3. The highest BCUT2D eigenvalue weighted by atomic mass is 32.1. The van der Waals surface area contributed by atoms with E-state index in [1.54, 1.807) is 28.6 Å². The monoisotopic (exact) mass is 317 g/mol. The van der Waals surface area contributed by atoms with E-state index in [1.807, 2.05) is 0 Å². The van der Waals surface area contributed by atoms with E-state index in [-0.39, 0.29) is 11.8 Å². The molecule has 1 fully saturated rings. The number of hydrogen-bond acceptors (Lipinski definition) is 6. The molecular formula is C14H15N5O2S. The molecule has 0 spiro atoms. The lowest BCUT2D eigenvalue weighted by atomic mass is 10.3. The third-order valence-electron chi connectivity index (χ3n) is 3.27. The third kappa shape index (κ3) is 3.29. The molecule has 3 heterocycles. The zero-order valence-electron chi connectivity index (χ0n) is 11.8. The molecular weight excluding hydrogens is 302 g/mol. The van der Waals surface area contributed by atoms with Crippen molar-refractivity contribution >= 4 is 28.3 Å². The molecule has 2 aromatic heterocycles. The summed E-state index contributed by atoms with van der Waals surface area (Å²) in [5, 5.41) is 7.96. The quantitative estimate of drug-likeness (QED) is 0.876. The summed E-state index contributed by atoms with van der Waals surface area (Å²) < 4.78 is 0. The maximum Gasteiger partial charge on any atom is 0.273 e. The second-order valence-electron chi connectivity index (χ2n) is 4.78. The number of hydrogen-bond donors (Lipinski definition) is 2. The van der Waals surface area contributed by atoms with Gasteiger partial charge >= 0.3 is 0 Å². The highest BCUT2D eigenvalue weighted by Gasteiger charge is 2.20. The van der Waals surface area contributed by atoms with Gasteiger partial charge in [0.05, 0.1) is 5.56 Å². The van der Waals surface area contributed by atoms with Gasteiger partial charge in [-0.05, 0) is 12.1 Å². The van der Waals surface area contributed by atoms with E-state index < -0.39 is 0 Å². The van der Waals surface area contributed by atoms with Crippen LogP contribution in [0.25, 0.3) is 0 Å². The Morgan fingerprint density at radius 1 is 1.32 bits per heavy atom. The normalized spacial score (nSPS) is 14.6. The molecule has 3 rings (SSSR count). The van der Waals surface area contributed by atoms with Crippen LogP contribution in [-0.4, -0.2) is 52.9 Å². The fraction of sp³-hybridized carbons (Fsp3) is 0.286. The number of nitrogens with one attached hydrogen (secondary N) is 2. The molecule has 0 saturated carbocycles. The molecule has 1 aliphatic heterocycles. The van der Waals surface area contributed by atoms with Crippen LogP contribution >= 0.6 is 11.3 Å². The molecule has 1 saturated heterocycles. The molecule has 7 nitrogen and oxygen atoms in total. The third-order valence-corrected chi connectivity index (χ3v) is 4.03. The summed E-state index contributed by atoms with van der Waals surface area (Å²) >= 11 is 1.24. The number of carbonyl (C=O) groups is 2. The van der Waals surface area contributed by atoms with Crippen LogP contribution in [0.5, 0.6) is 0 Å². The van der Waals surface area contributed by atoms with Crippen molar-refractivity contribution in [1.29, 1.82) is 0 Å². The maximum absolute atomic E-state index is 12.3. The summed E-state index contributed by atoms with van der Waals surface area (Å²) in [6, 6.07) is 3.36. The minimum atomic E-state index is -0.288. The van der Waals surface area contributed by atoms with Gasteiger partial charge in [-0.2, -0.15) is 0 Å². The van der Waals surface area contributed by atoms with E-state index in [1.165, 1.54) is 17.5 Å². The molecule has 0 radical (unpaired) electrons. The fourth-order valence-electron chi connectivity index (χ4n) is 2.13. The zero-order valence-corrected chi connectivity index (χ0v) is 12.6. The minimum Gasteiger partial charge on any atom is -0.335 e. The van der Waals surface area contributed by atoms with Crippen LogP contribution in [0.1, 0.15) is 20.8 Å². The molecule has 2 N–H and O–H groups in total. The van der Waals surface area contributed by atoms with Crippen molar-refractivity contribution in [3.8, 4) is 0 Å². The summed E-state index contributed by atoms with van der Waals surface area (Å²) in [5.74, 6) is -0.386. The van der Waals surface area contributed by atoms with Crippen LogP contribution in [0.15, 0.2) is 29.9 Å². The molecule has 2 amide bonds. The van der Waals surface area contributed by atoms with Gasteiger partial charge in [0, 0.05) is 44.0 Å². The zero-order chi connectivity index (χ0) is 15.4. The van der Waals surface area contributed by atoms with Crippen LogP contribution in [0, 0.1) is 0 Å². The summed E-state index contributed by atoms with van der Waals surface area (Å²) in [6.45, 7) is 2.93. The number of thiazole rings is 1. The first kappa shape index (κ1) is 14.6. The van der Waals surface area contributed by atoms with Crippen LogP contribution in [-0.2, 0) is 0 Å². The second kappa shape index (κ2) is 6.63. The highest BCUT2D eigenvalue weighted by Crippen LogP contribution is 2.18. The van der Waals surface area contributed by atoms with Gasteiger partial charge in [-0.15, -0.1) is 11.3 Å². The molecule has 0 aromatic carbocycles. The largest absolute Gasteiger partial charge is 0.335 e. The lowest BCUT2D eigenvalue weighted by Crippen LogP contribution is -2.46. The Morgan fingerprint density at radius 2 is 2.14 bits per heavy atom. The Balaban J connectivity index is 1.66. The van der Waals surface area contributed by atoms with E-state index in [0.717, 1.165) is 13.1 Å². The molecule has 114 valence electrons. The molecule has 8 heteroatoms. The molecule has 0 atom stereocenters. The molecule has 1 aliphatic rings. The number of carbonyl (C=O) groups excluding carboxylic acids is 2. The van der Waals surface area contributed by atoms with Crippen molar-refractivity contribution in [3.63, 3.8) is 0 Å². The minimum absolute atomic E-state index is 0.0976. The van der Waals surface area contributed by atoms with E-state index in [4.69, 9.17) is 0 Å². The lowest BCUT2D eigenvalue weighted by molar-refractivity contribution is 0.0730. The Labute approximate surface area is 131 Å². The topological polar surface area (TPSA) is 87.2 Å². The number of pyridine rings is 1. The number of anilines is 1. The van der Waals surface area contributed by atoms with Gasteiger partial charge in [0.1, 0.15) is 5.69 Å². The van der Waals surface area contributed by atoms with E-state index in [2.05, 4.69) is 20.6 Å².